The van der Waals surface area contributed by atoms with E-state index in [1.807, 2.05) is 30.3 Å². The van der Waals surface area contributed by atoms with Crippen LogP contribution in [0.4, 0.5) is 0 Å². The highest BCUT2D eigenvalue weighted by Crippen LogP contribution is 2.22. The van der Waals surface area contributed by atoms with E-state index in [2.05, 4.69) is 4.74 Å². The Balaban J connectivity index is 3.03. The third-order valence-electron chi connectivity index (χ3n) is 2.61. The average Bonchev–Trinajstić information content (AvgIpc) is 2.44. The Morgan fingerprint density at radius 3 is 2.44 bits per heavy atom. The highest BCUT2D eigenvalue weighted by Gasteiger charge is 2.23. The number of hydrogen-bond donors (Lipinski definition) is 1. The van der Waals surface area contributed by atoms with Gasteiger partial charge < -0.3 is 9.84 Å². The zero-order valence-corrected chi connectivity index (χ0v) is 10.2. The first-order valence-corrected chi connectivity index (χ1v) is 5.37. The molecule has 18 heavy (non-hydrogen) atoms. The van der Waals surface area contributed by atoms with Crippen LogP contribution >= 0.6 is 0 Å². The van der Waals surface area contributed by atoms with Crippen LogP contribution in [0.1, 0.15) is 18.5 Å². The number of methoxy groups -OCH3 is 1. The lowest BCUT2D eigenvalue weighted by atomic mass is 10.1. The van der Waals surface area contributed by atoms with E-state index >= 15 is 0 Å². The predicted octanol–water partition coefficient (Wildman–Crippen LogP) is 1.78. The highest BCUT2D eigenvalue weighted by molar-refractivity contribution is 5.90. The van der Waals surface area contributed by atoms with E-state index in [9.17, 15) is 9.59 Å². The molecule has 1 aromatic rings. The van der Waals surface area contributed by atoms with E-state index in [1.54, 1.807) is 6.92 Å². The maximum atomic E-state index is 11.4. The fourth-order valence-electron chi connectivity index (χ4n) is 1.58. The normalized spacial score (nSPS) is 12.7. The van der Waals surface area contributed by atoms with Crippen LogP contribution in [-0.4, -0.2) is 29.5 Å². The number of nitrogens with zero attached hydrogens (tertiary/aromatic N) is 1. The molecule has 1 N–H and O–H groups in total. The lowest BCUT2D eigenvalue weighted by Crippen LogP contribution is -2.30. The van der Waals surface area contributed by atoms with Gasteiger partial charge in [-0.25, -0.2) is 4.79 Å². The van der Waals surface area contributed by atoms with Gasteiger partial charge in [0.15, 0.2) is 5.70 Å². The van der Waals surface area contributed by atoms with Gasteiger partial charge in [0, 0.05) is 0 Å². The van der Waals surface area contributed by atoms with Gasteiger partial charge in [0.25, 0.3) is 0 Å². The molecule has 0 aromatic heterocycles. The monoisotopic (exact) mass is 249 g/mol. The molecule has 0 saturated heterocycles. The number of aliphatic hydroxyl groups is 1. The predicted molar refractivity (Wildman–Crippen MR) is 65.5 cm³/mol. The van der Waals surface area contributed by atoms with Gasteiger partial charge >= 0.3 is 5.97 Å². The molecule has 0 fully saturated rings. The van der Waals surface area contributed by atoms with Crippen molar-refractivity contribution in [3.63, 3.8) is 0 Å². The largest absolute Gasteiger partial charge is 0.513 e. The Kier molecular flexibility index (Phi) is 4.92. The number of hydrogen-bond acceptors (Lipinski definition) is 4. The molecular formula is C13H15NO4. The van der Waals surface area contributed by atoms with Gasteiger partial charge in [-0.2, -0.15) is 0 Å². The summed E-state index contributed by atoms with van der Waals surface area (Å²) in [5, 5.41) is 9.06. The highest BCUT2D eigenvalue weighted by atomic mass is 16.5. The van der Waals surface area contributed by atoms with Crippen molar-refractivity contribution in [1.82, 2.24) is 4.90 Å². The standard InChI is InChI=1S/C13H15NO4/c1-10(11-6-4-3-5-7-11)14(9-16)12(8-15)13(17)18-2/h3-10,15H,1-2H3/b12-8+/t10-/m1/s1. The maximum Gasteiger partial charge on any atom is 0.358 e. The van der Waals surface area contributed by atoms with E-state index in [4.69, 9.17) is 5.11 Å². The van der Waals surface area contributed by atoms with Crippen LogP contribution in [0.5, 0.6) is 0 Å². The molecule has 0 aliphatic carbocycles. The molecule has 0 aliphatic heterocycles. The van der Waals surface area contributed by atoms with E-state index in [0.717, 1.165) is 10.5 Å². The molecule has 1 aromatic carbocycles. The molecule has 0 spiro atoms. The van der Waals surface area contributed by atoms with E-state index in [0.29, 0.717) is 12.7 Å². The molecule has 1 rings (SSSR count). The summed E-state index contributed by atoms with van der Waals surface area (Å²) in [4.78, 5) is 23.6. The second kappa shape index (κ2) is 6.44. The van der Waals surface area contributed by atoms with Crippen molar-refractivity contribution in [2.24, 2.45) is 0 Å². The van der Waals surface area contributed by atoms with Crippen molar-refractivity contribution in [2.75, 3.05) is 7.11 Å². The van der Waals surface area contributed by atoms with Crippen LogP contribution in [0.25, 0.3) is 0 Å². The van der Waals surface area contributed by atoms with Crippen LogP contribution < -0.4 is 0 Å². The van der Waals surface area contributed by atoms with Crippen LogP contribution in [0.15, 0.2) is 42.3 Å². The van der Waals surface area contributed by atoms with E-state index in [1.165, 1.54) is 7.11 Å². The van der Waals surface area contributed by atoms with E-state index < -0.39 is 5.97 Å². The molecule has 0 bridgehead atoms. The molecule has 5 nitrogen and oxygen atoms in total. The number of aliphatic hydroxyl groups excluding tert-OH is 1. The number of carbonyl (C=O) groups is 2. The lowest BCUT2D eigenvalue weighted by molar-refractivity contribution is -0.140. The number of amides is 1. The van der Waals surface area contributed by atoms with Crippen LogP contribution in [-0.2, 0) is 14.3 Å². The van der Waals surface area contributed by atoms with Crippen LogP contribution in [0.2, 0.25) is 0 Å². The van der Waals surface area contributed by atoms with Crippen molar-refractivity contribution in [2.45, 2.75) is 13.0 Å². The van der Waals surface area contributed by atoms with Gasteiger partial charge in [-0.3, -0.25) is 9.69 Å². The average molecular weight is 249 g/mol. The molecule has 0 heterocycles. The SMILES string of the molecule is COC(=O)/C(=C\O)N(C=O)[C@H](C)c1ccccc1. The Labute approximate surface area is 105 Å². The molecule has 1 amide bonds. The summed E-state index contributed by atoms with van der Waals surface area (Å²) in [6.45, 7) is 1.75. The van der Waals surface area contributed by atoms with Crippen molar-refractivity contribution in [3.8, 4) is 0 Å². The fourth-order valence-corrected chi connectivity index (χ4v) is 1.58. The zero-order valence-electron chi connectivity index (χ0n) is 10.2. The Morgan fingerprint density at radius 2 is 2.00 bits per heavy atom. The van der Waals surface area contributed by atoms with Crippen LogP contribution in [0, 0.1) is 0 Å². The summed E-state index contributed by atoms with van der Waals surface area (Å²) in [5.41, 5.74) is 0.636. The zero-order chi connectivity index (χ0) is 13.5. The molecule has 1 atom stereocenters. The summed E-state index contributed by atoms with van der Waals surface area (Å²) in [6.07, 6.45) is 1.05. The number of carbonyl (C=O) groups excluding carboxylic acids is 2. The second-order valence-corrected chi connectivity index (χ2v) is 3.61. The fraction of sp³-hybridized carbons (Fsp3) is 0.231. The van der Waals surface area contributed by atoms with Gasteiger partial charge in [0.2, 0.25) is 6.41 Å². The number of benzene rings is 1. The van der Waals surface area contributed by atoms with Crippen molar-refractivity contribution < 1.29 is 19.4 Å². The third-order valence-corrected chi connectivity index (χ3v) is 2.61. The van der Waals surface area contributed by atoms with Crippen molar-refractivity contribution in [1.29, 1.82) is 0 Å². The van der Waals surface area contributed by atoms with Gasteiger partial charge in [-0.1, -0.05) is 30.3 Å². The Hall–Kier alpha value is -2.30. The summed E-state index contributed by atoms with van der Waals surface area (Å²) in [5.74, 6) is -0.771. The third kappa shape index (κ3) is 2.88. The van der Waals surface area contributed by atoms with Gasteiger partial charge in [0.1, 0.15) is 6.26 Å². The van der Waals surface area contributed by atoms with Gasteiger partial charge in [-0.15, -0.1) is 0 Å². The van der Waals surface area contributed by atoms with Gasteiger partial charge in [-0.05, 0) is 12.5 Å². The first kappa shape index (κ1) is 13.8. The lowest BCUT2D eigenvalue weighted by Gasteiger charge is -2.25. The minimum absolute atomic E-state index is 0.205. The molecule has 0 saturated carbocycles. The van der Waals surface area contributed by atoms with Crippen LogP contribution in [0.3, 0.4) is 0 Å². The topological polar surface area (TPSA) is 66.8 Å². The summed E-state index contributed by atoms with van der Waals surface area (Å²) >= 11 is 0. The minimum Gasteiger partial charge on any atom is -0.513 e. The molecular weight excluding hydrogens is 234 g/mol. The second-order valence-electron chi connectivity index (χ2n) is 3.61. The summed E-state index contributed by atoms with van der Waals surface area (Å²) in [7, 11) is 1.18. The molecule has 5 heteroatoms. The van der Waals surface area contributed by atoms with Crippen molar-refractivity contribution >= 4 is 12.4 Å². The van der Waals surface area contributed by atoms with Gasteiger partial charge in [0.05, 0.1) is 13.2 Å². The number of ether oxygens (including phenoxy) is 1. The number of esters is 1. The quantitative estimate of drug-likeness (QED) is 0.374. The van der Waals surface area contributed by atoms with E-state index in [-0.39, 0.29) is 11.7 Å². The Morgan fingerprint density at radius 1 is 1.39 bits per heavy atom. The first-order valence-electron chi connectivity index (χ1n) is 5.37. The molecule has 0 aliphatic rings. The first-order chi connectivity index (χ1) is 8.65. The van der Waals surface area contributed by atoms with Crippen molar-refractivity contribution in [3.05, 3.63) is 47.9 Å². The molecule has 0 unspecified atom stereocenters. The smallest absolute Gasteiger partial charge is 0.358 e. The maximum absolute atomic E-state index is 11.4. The molecule has 0 radical (unpaired) electrons. The number of rotatable bonds is 5. The summed E-state index contributed by atoms with van der Waals surface area (Å²) < 4.78 is 4.50. The molecule has 96 valence electrons. The summed E-state index contributed by atoms with van der Waals surface area (Å²) in [6, 6.07) is 8.77. The Bertz CT molecular complexity index is 442. The minimum atomic E-state index is -0.771.